The minimum absolute atomic E-state index is 0.519. The maximum atomic E-state index is 6.16. The van der Waals surface area contributed by atoms with Crippen LogP contribution in [0.25, 0.3) is 11.1 Å². The molecule has 2 aromatic carbocycles. The number of likely N-dealkylation sites (N-methyl/N-ethyl adjacent to an activating group) is 1. The number of hydrogen-bond acceptors (Lipinski definition) is 1. The van der Waals surface area contributed by atoms with E-state index in [-0.39, 0.29) is 0 Å². The Morgan fingerprint density at radius 3 is 2.89 bits per heavy atom. The molecular formula is C17H16ClN. The van der Waals surface area contributed by atoms with E-state index in [1.165, 1.54) is 28.7 Å². The van der Waals surface area contributed by atoms with Gasteiger partial charge in [0.2, 0.25) is 0 Å². The zero-order valence-corrected chi connectivity index (χ0v) is 11.7. The average molecular weight is 270 g/mol. The lowest BCUT2D eigenvalue weighted by Crippen LogP contribution is -2.35. The van der Waals surface area contributed by atoms with Crippen LogP contribution in [0.15, 0.2) is 36.4 Å². The Kier molecular flexibility index (Phi) is 2.48. The van der Waals surface area contributed by atoms with Crippen molar-refractivity contribution in [3.05, 3.63) is 58.1 Å². The van der Waals surface area contributed by atoms with Crippen molar-refractivity contribution in [3.8, 4) is 11.1 Å². The van der Waals surface area contributed by atoms with Gasteiger partial charge in [0.25, 0.3) is 0 Å². The van der Waals surface area contributed by atoms with Gasteiger partial charge in [-0.15, -0.1) is 0 Å². The van der Waals surface area contributed by atoms with E-state index in [2.05, 4.69) is 42.3 Å². The number of benzene rings is 2. The number of halogens is 1. The molecule has 2 aliphatic rings. The summed E-state index contributed by atoms with van der Waals surface area (Å²) in [7, 11) is 2.24. The summed E-state index contributed by atoms with van der Waals surface area (Å²) < 4.78 is 0. The lowest BCUT2D eigenvalue weighted by atomic mass is 9.77. The molecule has 1 atom stereocenters. The van der Waals surface area contributed by atoms with Gasteiger partial charge in [-0.1, -0.05) is 35.9 Å². The topological polar surface area (TPSA) is 3.24 Å². The highest BCUT2D eigenvalue weighted by molar-refractivity contribution is 6.30. The van der Waals surface area contributed by atoms with Crippen LogP contribution in [0.3, 0.4) is 0 Å². The molecule has 1 unspecified atom stereocenters. The predicted octanol–water partition coefficient (Wildman–Crippen LogP) is 4.09. The summed E-state index contributed by atoms with van der Waals surface area (Å²) in [6, 6.07) is 13.6. The van der Waals surface area contributed by atoms with Crippen LogP contribution in [0.5, 0.6) is 0 Å². The van der Waals surface area contributed by atoms with Crippen molar-refractivity contribution < 1.29 is 0 Å². The maximum absolute atomic E-state index is 6.16. The van der Waals surface area contributed by atoms with E-state index in [1.807, 2.05) is 6.07 Å². The maximum Gasteiger partial charge on any atom is 0.0409 e. The van der Waals surface area contributed by atoms with E-state index in [0.29, 0.717) is 6.04 Å². The second-order valence-corrected chi connectivity index (χ2v) is 6.07. The quantitative estimate of drug-likeness (QED) is 0.696. The van der Waals surface area contributed by atoms with Gasteiger partial charge < -0.3 is 0 Å². The van der Waals surface area contributed by atoms with Crippen molar-refractivity contribution in [1.82, 2.24) is 4.90 Å². The van der Waals surface area contributed by atoms with Crippen LogP contribution >= 0.6 is 11.6 Å². The van der Waals surface area contributed by atoms with Gasteiger partial charge in [-0.2, -0.15) is 0 Å². The van der Waals surface area contributed by atoms with Crippen molar-refractivity contribution in [3.63, 3.8) is 0 Å². The summed E-state index contributed by atoms with van der Waals surface area (Å²) >= 11 is 6.16. The highest BCUT2D eigenvalue weighted by Crippen LogP contribution is 2.44. The summed E-state index contributed by atoms with van der Waals surface area (Å²) in [5, 5.41) is 0.844. The molecule has 19 heavy (non-hydrogen) atoms. The number of fused-ring (bicyclic) bond motifs is 2. The number of nitrogens with zero attached hydrogens (tertiary/aromatic N) is 1. The Morgan fingerprint density at radius 2 is 2.00 bits per heavy atom. The normalized spacial score (nSPS) is 20.8. The molecule has 0 spiro atoms. The SMILES string of the molecule is CN1CCc2cccc3c2C1Cc1cc(Cl)ccc1-3. The highest BCUT2D eigenvalue weighted by atomic mass is 35.5. The number of hydrogen-bond donors (Lipinski definition) is 0. The Morgan fingerprint density at radius 1 is 1.11 bits per heavy atom. The molecule has 2 aromatic rings. The first-order chi connectivity index (χ1) is 9.24. The average Bonchev–Trinajstić information content (AvgIpc) is 2.42. The first-order valence-electron chi connectivity index (χ1n) is 6.85. The van der Waals surface area contributed by atoms with Gasteiger partial charge in [0.15, 0.2) is 0 Å². The van der Waals surface area contributed by atoms with Crippen molar-refractivity contribution in [1.29, 1.82) is 0 Å². The fourth-order valence-corrected chi connectivity index (χ4v) is 3.79. The van der Waals surface area contributed by atoms with Crippen LogP contribution < -0.4 is 0 Å². The molecule has 0 bridgehead atoms. The largest absolute Gasteiger partial charge is 0.299 e. The second-order valence-electron chi connectivity index (χ2n) is 5.63. The Bertz CT molecular complexity index is 662. The monoisotopic (exact) mass is 269 g/mol. The molecule has 1 nitrogen and oxygen atoms in total. The fourth-order valence-electron chi connectivity index (χ4n) is 3.59. The molecule has 0 radical (unpaired) electrons. The van der Waals surface area contributed by atoms with E-state index < -0.39 is 0 Å². The van der Waals surface area contributed by atoms with E-state index in [0.717, 1.165) is 18.0 Å². The van der Waals surface area contributed by atoms with Crippen molar-refractivity contribution in [2.75, 3.05) is 13.6 Å². The van der Waals surface area contributed by atoms with Crippen molar-refractivity contribution in [2.24, 2.45) is 0 Å². The van der Waals surface area contributed by atoms with Crippen molar-refractivity contribution >= 4 is 11.6 Å². The van der Waals surface area contributed by atoms with Crippen LogP contribution in [0.1, 0.15) is 22.7 Å². The Labute approximate surface area is 118 Å². The van der Waals surface area contributed by atoms with Gasteiger partial charge in [-0.3, -0.25) is 4.90 Å². The fraction of sp³-hybridized carbons (Fsp3) is 0.294. The van der Waals surface area contributed by atoms with E-state index in [9.17, 15) is 0 Å². The van der Waals surface area contributed by atoms with Gasteiger partial charge >= 0.3 is 0 Å². The van der Waals surface area contributed by atoms with Gasteiger partial charge in [0.05, 0.1) is 0 Å². The van der Waals surface area contributed by atoms with Crippen LogP contribution in [0.4, 0.5) is 0 Å². The van der Waals surface area contributed by atoms with E-state index >= 15 is 0 Å². The standard InChI is InChI=1S/C17H16ClN/c1-19-8-7-11-3-2-4-15-14-6-5-13(18)9-12(14)10-16(19)17(11)15/h2-6,9,16H,7-8,10H2,1H3. The summed E-state index contributed by atoms with van der Waals surface area (Å²) in [5.74, 6) is 0. The van der Waals surface area contributed by atoms with Gasteiger partial charge in [-0.05, 0) is 59.8 Å². The molecule has 1 aliphatic heterocycles. The summed E-state index contributed by atoms with van der Waals surface area (Å²) in [6.45, 7) is 1.15. The highest BCUT2D eigenvalue weighted by Gasteiger charge is 2.32. The summed E-state index contributed by atoms with van der Waals surface area (Å²) in [6.07, 6.45) is 2.25. The second kappa shape index (κ2) is 4.09. The summed E-state index contributed by atoms with van der Waals surface area (Å²) in [5.41, 5.74) is 7.24. The van der Waals surface area contributed by atoms with Crippen LogP contribution in [0, 0.1) is 0 Å². The smallest absolute Gasteiger partial charge is 0.0409 e. The third kappa shape index (κ3) is 1.65. The van der Waals surface area contributed by atoms with Crippen molar-refractivity contribution in [2.45, 2.75) is 18.9 Å². The molecule has 0 saturated heterocycles. The third-order valence-corrected chi connectivity index (χ3v) is 4.80. The molecule has 0 N–H and O–H groups in total. The lowest BCUT2D eigenvalue weighted by Gasteiger charge is -2.39. The third-order valence-electron chi connectivity index (χ3n) is 4.57. The molecule has 2 heteroatoms. The van der Waals surface area contributed by atoms with Crippen LogP contribution in [-0.2, 0) is 12.8 Å². The van der Waals surface area contributed by atoms with E-state index in [1.54, 1.807) is 5.56 Å². The molecule has 0 fully saturated rings. The zero-order chi connectivity index (χ0) is 13.0. The van der Waals surface area contributed by atoms with Gasteiger partial charge in [0, 0.05) is 17.6 Å². The van der Waals surface area contributed by atoms with Gasteiger partial charge in [-0.25, -0.2) is 0 Å². The molecule has 0 aromatic heterocycles. The molecule has 0 amide bonds. The minimum atomic E-state index is 0.519. The number of rotatable bonds is 0. The predicted molar refractivity (Wildman–Crippen MR) is 79.7 cm³/mol. The molecule has 4 rings (SSSR count). The minimum Gasteiger partial charge on any atom is -0.299 e. The first-order valence-corrected chi connectivity index (χ1v) is 7.22. The molecular weight excluding hydrogens is 254 g/mol. The molecule has 1 heterocycles. The first kappa shape index (κ1) is 11.5. The summed E-state index contributed by atoms with van der Waals surface area (Å²) in [4.78, 5) is 2.48. The molecule has 96 valence electrons. The Balaban J connectivity index is 2.01. The van der Waals surface area contributed by atoms with Crippen LogP contribution in [-0.4, -0.2) is 18.5 Å². The Hall–Kier alpha value is -1.31. The zero-order valence-electron chi connectivity index (χ0n) is 11.0. The van der Waals surface area contributed by atoms with E-state index in [4.69, 9.17) is 11.6 Å². The van der Waals surface area contributed by atoms with Gasteiger partial charge in [0.1, 0.15) is 0 Å². The lowest BCUT2D eigenvalue weighted by molar-refractivity contribution is 0.228. The molecule has 0 saturated carbocycles. The molecule has 1 aliphatic carbocycles. The van der Waals surface area contributed by atoms with Crippen LogP contribution in [0.2, 0.25) is 5.02 Å².